The van der Waals surface area contributed by atoms with Gasteiger partial charge in [0.15, 0.2) is 0 Å². The molecule has 46 heavy (non-hydrogen) atoms. The number of fused-ring (bicyclic) bond motifs is 1. The Bertz CT molecular complexity index is 1620. The number of pyridine rings is 1. The zero-order chi connectivity index (χ0) is 31.9. The fourth-order valence-corrected chi connectivity index (χ4v) is 6.71. The van der Waals surface area contributed by atoms with Gasteiger partial charge in [-0.15, -0.1) is 0 Å². The normalized spacial score (nSPS) is 18.4. The topological polar surface area (TPSA) is 138 Å². The lowest BCUT2D eigenvalue weighted by Crippen LogP contribution is -2.55. The lowest BCUT2D eigenvalue weighted by Gasteiger charge is -2.43. The van der Waals surface area contributed by atoms with Gasteiger partial charge in [-0.05, 0) is 25.0 Å². The van der Waals surface area contributed by atoms with Crippen molar-refractivity contribution < 1.29 is 14.3 Å². The van der Waals surface area contributed by atoms with Crippen LogP contribution in [0.5, 0.6) is 5.88 Å². The molecular weight excluding hydrogens is 582 g/mol. The second-order valence-corrected chi connectivity index (χ2v) is 11.7. The van der Waals surface area contributed by atoms with Gasteiger partial charge >= 0.3 is 0 Å². The van der Waals surface area contributed by atoms with Gasteiger partial charge in [-0.3, -0.25) is 14.8 Å². The number of amides is 1. The minimum atomic E-state index is -0.320. The predicted molar refractivity (Wildman–Crippen MR) is 173 cm³/mol. The van der Waals surface area contributed by atoms with E-state index in [2.05, 4.69) is 55.7 Å². The number of hydrogen-bond acceptors (Lipinski definition) is 10. The molecule has 0 spiro atoms. The van der Waals surface area contributed by atoms with Crippen LogP contribution in [0, 0.1) is 22.7 Å². The molecule has 12 heteroatoms. The number of nitriles is 2. The Balaban J connectivity index is 1.33. The van der Waals surface area contributed by atoms with Crippen LogP contribution in [0.2, 0.25) is 0 Å². The molecule has 3 aliphatic heterocycles. The van der Waals surface area contributed by atoms with Gasteiger partial charge in [-0.2, -0.15) is 15.6 Å². The van der Waals surface area contributed by atoms with Crippen molar-refractivity contribution in [2.45, 2.75) is 31.8 Å². The summed E-state index contributed by atoms with van der Waals surface area (Å²) in [5.74, 6) is 0.151. The number of aromatic amines is 1. The molecule has 0 saturated carbocycles. The largest absolute Gasteiger partial charge is 0.477 e. The number of para-hydroxylation sites is 1. The van der Waals surface area contributed by atoms with E-state index in [-0.39, 0.29) is 18.4 Å². The van der Waals surface area contributed by atoms with Crippen LogP contribution in [0.3, 0.4) is 0 Å². The van der Waals surface area contributed by atoms with Gasteiger partial charge in [0.2, 0.25) is 11.8 Å². The van der Waals surface area contributed by atoms with Gasteiger partial charge in [0.1, 0.15) is 11.6 Å². The van der Waals surface area contributed by atoms with E-state index in [1.807, 2.05) is 24.5 Å². The maximum Gasteiger partial charge on any atom is 0.246 e. The van der Waals surface area contributed by atoms with Crippen LogP contribution < -0.4 is 14.5 Å². The first-order valence-corrected chi connectivity index (χ1v) is 15.9. The van der Waals surface area contributed by atoms with E-state index in [9.17, 15) is 15.3 Å². The van der Waals surface area contributed by atoms with Crippen LogP contribution in [-0.2, 0) is 22.5 Å². The predicted octanol–water partition coefficient (Wildman–Crippen LogP) is 3.12. The van der Waals surface area contributed by atoms with E-state index < -0.39 is 0 Å². The Labute approximate surface area is 269 Å². The lowest BCUT2D eigenvalue weighted by molar-refractivity contribution is -0.128. The van der Waals surface area contributed by atoms with Gasteiger partial charge in [0.25, 0.3) is 0 Å². The molecule has 1 N–H and O–H groups in total. The summed E-state index contributed by atoms with van der Waals surface area (Å²) >= 11 is 0. The fourth-order valence-electron chi connectivity index (χ4n) is 6.71. The van der Waals surface area contributed by atoms with Crippen molar-refractivity contribution in [1.82, 2.24) is 25.0 Å². The van der Waals surface area contributed by atoms with Crippen molar-refractivity contribution in [2.24, 2.45) is 0 Å². The average Bonchev–Trinajstić information content (AvgIpc) is 3.65. The Hall–Kier alpha value is -4.91. The van der Waals surface area contributed by atoms with E-state index in [1.54, 1.807) is 4.90 Å². The maximum absolute atomic E-state index is 12.6. The van der Waals surface area contributed by atoms with Gasteiger partial charge < -0.3 is 24.2 Å². The van der Waals surface area contributed by atoms with Crippen molar-refractivity contribution in [3.8, 4) is 29.1 Å². The number of carbonyl (C=O) groups excluding carboxylic acids is 1. The number of benzene rings is 1. The third-order valence-electron chi connectivity index (χ3n) is 9.00. The summed E-state index contributed by atoms with van der Waals surface area (Å²) < 4.78 is 11.8. The zero-order valence-corrected chi connectivity index (χ0v) is 26.0. The molecule has 238 valence electrons. The first kappa shape index (κ1) is 31.1. The van der Waals surface area contributed by atoms with Crippen molar-refractivity contribution in [3.05, 3.63) is 66.1 Å². The highest BCUT2D eigenvalue weighted by atomic mass is 16.5. The fraction of sp³-hybridized carbons (Fsp3) is 0.441. The Morgan fingerprint density at radius 2 is 2.00 bits per heavy atom. The summed E-state index contributed by atoms with van der Waals surface area (Å²) in [6, 6.07) is 12.6. The van der Waals surface area contributed by atoms with Gasteiger partial charge in [0, 0.05) is 74.4 Å². The summed E-state index contributed by atoms with van der Waals surface area (Å²) in [5, 5.41) is 27.2. The molecule has 0 bridgehead atoms. The summed E-state index contributed by atoms with van der Waals surface area (Å²) in [6.07, 6.45) is 6.68. The molecular formula is C34H39N9O3. The first-order valence-electron chi connectivity index (χ1n) is 15.9. The monoisotopic (exact) mass is 621 g/mol. The number of aromatic nitrogens is 3. The number of rotatable bonds is 10. The smallest absolute Gasteiger partial charge is 0.246 e. The van der Waals surface area contributed by atoms with Gasteiger partial charge in [0.05, 0.1) is 62.5 Å². The summed E-state index contributed by atoms with van der Waals surface area (Å²) in [4.78, 5) is 26.2. The molecule has 1 amide bonds. The van der Waals surface area contributed by atoms with E-state index in [4.69, 9.17) is 14.5 Å². The van der Waals surface area contributed by atoms with E-state index in [1.165, 1.54) is 6.08 Å². The maximum atomic E-state index is 12.6. The molecule has 3 aliphatic rings. The second kappa shape index (κ2) is 14.5. The van der Waals surface area contributed by atoms with Crippen LogP contribution in [0.25, 0.3) is 11.1 Å². The molecule has 2 fully saturated rings. The zero-order valence-electron chi connectivity index (χ0n) is 26.0. The first-order chi connectivity index (χ1) is 22.6. The number of nitrogens with one attached hydrogen (secondary N) is 1. The van der Waals surface area contributed by atoms with Crippen molar-refractivity contribution in [3.63, 3.8) is 0 Å². The molecule has 3 aromatic rings. The highest BCUT2D eigenvalue weighted by Crippen LogP contribution is 2.40. The third-order valence-corrected chi connectivity index (χ3v) is 9.00. The van der Waals surface area contributed by atoms with E-state index in [0.29, 0.717) is 50.7 Å². The van der Waals surface area contributed by atoms with Crippen LogP contribution >= 0.6 is 0 Å². The minimum absolute atomic E-state index is 0.187. The highest BCUT2D eigenvalue weighted by molar-refractivity contribution is 5.87. The number of morpholine rings is 1. The van der Waals surface area contributed by atoms with Crippen LogP contribution in [0.15, 0.2) is 49.3 Å². The molecule has 6 rings (SSSR count). The molecule has 2 saturated heterocycles. The standard InChI is InChI=1S/C34H39N9O3/c1-2-32(44)43-14-13-42(23-26(43)8-10-35)33-28-9-12-41(31-7-4-3-6-27(31)25-21-37-38-22-25)24-30(28)39-34(29(33)20-36)46-17-5-11-40-15-18-45-19-16-40/h2-4,6-7,21-22,26H,1,5,8-9,11-19,23-24H2,(H,37,38)/t26-/m0/s1. The highest BCUT2D eigenvalue weighted by Gasteiger charge is 2.35. The molecule has 12 nitrogen and oxygen atoms in total. The van der Waals surface area contributed by atoms with Crippen molar-refractivity contribution in [1.29, 1.82) is 10.5 Å². The van der Waals surface area contributed by atoms with Crippen LogP contribution in [-0.4, -0.2) is 103 Å². The number of hydrogen-bond donors (Lipinski definition) is 1. The Morgan fingerprint density at radius 1 is 1.15 bits per heavy atom. The van der Waals surface area contributed by atoms with Crippen LogP contribution in [0.1, 0.15) is 29.7 Å². The summed E-state index contributed by atoms with van der Waals surface area (Å²) in [7, 11) is 0. The Morgan fingerprint density at radius 3 is 2.76 bits per heavy atom. The number of carbonyl (C=O) groups is 1. The summed E-state index contributed by atoms with van der Waals surface area (Å²) in [5.41, 5.74) is 6.29. The molecule has 1 atom stereocenters. The second-order valence-electron chi connectivity index (χ2n) is 11.7. The molecule has 5 heterocycles. The lowest BCUT2D eigenvalue weighted by atomic mass is 9.96. The van der Waals surface area contributed by atoms with Gasteiger partial charge in [-0.25, -0.2) is 4.98 Å². The number of anilines is 2. The van der Waals surface area contributed by atoms with Crippen molar-refractivity contribution >= 4 is 17.3 Å². The quantitative estimate of drug-likeness (QED) is 0.266. The molecule has 0 radical (unpaired) electrons. The average molecular weight is 622 g/mol. The summed E-state index contributed by atoms with van der Waals surface area (Å²) in [6.45, 7) is 10.9. The van der Waals surface area contributed by atoms with Gasteiger partial charge in [-0.1, -0.05) is 24.8 Å². The minimum Gasteiger partial charge on any atom is -0.477 e. The molecule has 0 aliphatic carbocycles. The third kappa shape index (κ3) is 6.54. The number of H-pyrrole nitrogens is 1. The SMILES string of the molecule is C=CC(=O)N1CCN(c2c(C#N)c(OCCCN3CCOCC3)nc3c2CCN(c2ccccc2-c2cn[nH]c2)C3)C[C@@H]1CC#N. The molecule has 2 aromatic heterocycles. The number of nitrogens with zero attached hydrogens (tertiary/aromatic N) is 8. The van der Waals surface area contributed by atoms with Crippen molar-refractivity contribution in [2.75, 3.05) is 75.4 Å². The number of ether oxygens (including phenoxy) is 2. The van der Waals surface area contributed by atoms with E-state index in [0.717, 1.165) is 79.6 Å². The Kier molecular flexibility index (Phi) is 9.77. The molecule has 0 unspecified atom stereocenters. The molecule has 1 aromatic carbocycles. The number of piperazine rings is 1. The van der Waals surface area contributed by atoms with Crippen LogP contribution in [0.4, 0.5) is 11.4 Å². The van der Waals surface area contributed by atoms with E-state index >= 15 is 0 Å².